The Kier molecular flexibility index (Phi) is 5.16. The Morgan fingerprint density at radius 1 is 1.14 bits per heavy atom. The van der Waals surface area contributed by atoms with Crippen molar-refractivity contribution in [3.05, 3.63) is 54.1 Å². The Morgan fingerprint density at radius 3 is 2.64 bits per heavy atom. The summed E-state index contributed by atoms with van der Waals surface area (Å²) in [6.45, 7) is 1.06. The van der Waals surface area contributed by atoms with Crippen molar-refractivity contribution in [2.24, 2.45) is 5.92 Å². The van der Waals surface area contributed by atoms with Gasteiger partial charge in [0.25, 0.3) is 0 Å². The number of rotatable bonds is 5. The van der Waals surface area contributed by atoms with Gasteiger partial charge in [0.15, 0.2) is 11.5 Å². The van der Waals surface area contributed by atoms with Gasteiger partial charge in [0.1, 0.15) is 13.2 Å². The third-order valence-electron chi connectivity index (χ3n) is 5.03. The highest BCUT2D eigenvalue weighted by Crippen LogP contribution is 2.36. The van der Waals surface area contributed by atoms with E-state index in [2.05, 4.69) is 5.32 Å². The maximum Gasteiger partial charge on any atom is 0.227 e. The number of ether oxygens (including phenoxy) is 2. The van der Waals surface area contributed by atoms with Crippen LogP contribution in [0, 0.1) is 5.92 Å². The van der Waals surface area contributed by atoms with E-state index in [1.807, 2.05) is 30.3 Å². The van der Waals surface area contributed by atoms with Crippen LogP contribution in [0.2, 0.25) is 0 Å². The van der Waals surface area contributed by atoms with E-state index < -0.39 is 12.0 Å². The van der Waals surface area contributed by atoms with Gasteiger partial charge in [0.05, 0.1) is 18.6 Å². The second kappa shape index (κ2) is 7.90. The van der Waals surface area contributed by atoms with Crippen LogP contribution in [0.4, 0.5) is 5.69 Å². The van der Waals surface area contributed by atoms with Gasteiger partial charge in [-0.05, 0) is 17.7 Å². The number of benzene rings is 2. The maximum atomic E-state index is 12.7. The number of hydrogen-bond donors (Lipinski definition) is 2. The average Bonchev–Trinajstić information content (AvgIpc) is 3.14. The third kappa shape index (κ3) is 3.66. The van der Waals surface area contributed by atoms with E-state index in [1.54, 1.807) is 23.1 Å². The fourth-order valence-corrected chi connectivity index (χ4v) is 3.54. The minimum absolute atomic E-state index is 0.114. The normalized spacial score (nSPS) is 19.4. The molecule has 0 aromatic heterocycles. The van der Waals surface area contributed by atoms with E-state index in [-0.39, 0.29) is 31.4 Å². The molecule has 0 aliphatic carbocycles. The summed E-state index contributed by atoms with van der Waals surface area (Å²) < 4.78 is 11.1. The monoisotopic (exact) mass is 382 g/mol. The number of aliphatic hydroxyl groups excluding tert-OH is 1. The van der Waals surface area contributed by atoms with E-state index in [1.165, 1.54) is 0 Å². The van der Waals surface area contributed by atoms with Crippen molar-refractivity contribution < 1.29 is 24.2 Å². The van der Waals surface area contributed by atoms with Gasteiger partial charge in [-0.25, -0.2) is 0 Å². The first-order valence-electron chi connectivity index (χ1n) is 9.32. The highest BCUT2D eigenvalue weighted by molar-refractivity contribution is 6.00. The highest BCUT2D eigenvalue weighted by atomic mass is 16.6. The van der Waals surface area contributed by atoms with Crippen LogP contribution in [0.1, 0.15) is 18.0 Å². The summed E-state index contributed by atoms with van der Waals surface area (Å²) in [7, 11) is 0. The standard InChI is InChI=1S/C21H22N2O5/c24-13-17(14-4-2-1-3-5-14)22-21(26)15-10-20(25)23(12-15)16-6-7-18-19(11-16)28-9-8-27-18/h1-7,11,15,17,24H,8-10,12-13H2,(H,22,26)/t15-,17-/m1/s1. The third-order valence-corrected chi connectivity index (χ3v) is 5.03. The topological polar surface area (TPSA) is 88.1 Å². The summed E-state index contributed by atoms with van der Waals surface area (Å²) in [5.74, 6) is 0.435. The Labute approximate surface area is 162 Å². The molecule has 0 spiro atoms. The lowest BCUT2D eigenvalue weighted by Crippen LogP contribution is -2.37. The first-order chi connectivity index (χ1) is 13.7. The van der Waals surface area contributed by atoms with Crippen molar-refractivity contribution in [1.29, 1.82) is 0 Å². The predicted molar refractivity (Wildman–Crippen MR) is 102 cm³/mol. The van der Waals surface area contributed by atoms with Crippen LogP contribution >= 0.6 is 0 Å². The van der Waals surface area contributed by atoms with E-state index in [0.29, 0.717) is 30.4 Å². The fraction of sp³-hybridized carbons (Fsp3) is 0.333. The van der Waals surface area contributed by atoms with Crippen LogP contribution in [-0.2, 0) is 9.59 Å². The summed E-state index contributed by atoms with van der Waals surface area (Å²) in [4.78, 5) is 26.8. The molecule has 1 saturated heterocycles. The molecule has 2 aromatic carbocycles. The second-order valence-corrected chi connectivity index (χ2v) is 6.89. The molecule has 2 aliphatic rings. The molecule has 1 fully saturated rings. The van der Waals surface area contributed by atoms with Crippen molar-refractivity contribution in [3.8, 4) is 11.5 Å². The SMILES string of the molecule is O=C(N[C@H](CO)c1ccccc1)[C@@H]1CC(=O)N(c2ccc3c(c2)OCCO3)C1. The van der Waals surface area contributed by atoms with E-state index in [9.17, 15) is 14.7 Å². The van der Waals surface area contributed by atoms with Crippen LogP contribution in [-0.4, -0.2) is 43.3 Å². The lowest BCUT2D eigenvalue weighted by Gasteiger charge is -2.22. The van der Waals surface area contributed by atoms with Crippen molar-refractivity contribution in [3.63, 3.8) is 0 Å². The van der Waals surface area contributed by atoms with E-state index in [4.69, 9.17) is 9.47 Å². The minimum atomic E-state index is -0.493. The number of aliphatic hydroxyl groups is 1. The second-order valence-electron chi connectivity index (χ2n) is 6.89. The number of fused-ring (bicyclic) bond motifs is 1. The molecule has 7 heteroatoms. The molecular weight excluding hydrogens is 360 g/mol. The molecule has 0 bridgehead atoms. The van der Waals surface area contributed by atoms with Gasteiger partial charge in [-0.1, -0.05) is 30.3 Å². The molecule has 28 heavy (non-hydrogen) atoms. The zero-order valence-electron chi connectivity index (χ0n) is 15.3. The minimum Gasteiger partial charge on any atom is -0.486 e. The van der Waals surface area contributed by atoms with Gasteiger partial charge in [-0.15, -0.1) is 0 Å². The Bertz CT molecular complexity index is 870. The van der Waals surface area contributed by atoms with Crippen LogP contribution in [0.15, 0.2) is 48.5 Å². The maximum absolute atomic E-state index is 12.7. The van der Waals surface area contributed by atoms with Crippen LogP contribution in [0.25, 0.3) is 0 Å². The quantitative estimate of drug-likeness (QED) is 0.821. The fourth-order valence-electron chi connectivity index (χ4n) is 3.54. The molecule has 7 nitrogen and oxygen atoms in total. The Morgan fingerprint density at radius 2 is 1.89 bits per heavy atom. The van der Waals surface area contributed by atoms with Crippen molar-refractivity contribution in [1.82, 2.24) is 5.32 Å². The predicted octanol–water partition coefficient (Wildman–Crippen LogP) is 1.66. The molecule has 2 aromatic rings. The van der Waals surface area contributed by atoms with Gasteiger partial charge < -0.3 is 24.8 Å². The summed E-state index contributed by atoms with van der Waals surface area (Å²) >= 11 is 0. The first kappa shape index (κ1) is 18.3. The molecule has 146 valence electrons. The number of carbonyl (C=O) groups excluding carboxylic acids is 2. The van der Waals surface area contributed by atoms with Gasteiger partial charge in [0.2, 0.25) is 11.8 Å². The van der Waals surface area contributed by atoms with Crippen LogP contribution < -0.4 is 19.7 Å². The average molecular weight is 382 g/mol. The number of nitrogens with zero attached hydrogens (tertiary/aromatic N) is 1. The number of amides is 2. The van der Waals surface area contributed by atoms with Gasteiger partial charge in [0, 0.05) is 24.7 Å². The molecule has 0 radical (unpaired) electrons. The lowest BCUT2D eigenvalue weighted by atomic mass is 10.0. The highest BCUT2D eigenvalue weighted by Gasteiger charge is 2.36. The summed E-state index contributed by atoms with van der Waals surface area (Å²) in [6, 6.07) is 14.1. The molecule has 4 rings (SSSR count). The summed E-state index contributed by atoms with van der Waals surface area (Å²) in [6.07, 6.45) is 0.132. The Hall–Kier alpha value is -3.06. The number of anilines is 1. The molecule has 2 aliphatic heterocycles. The zero-order valence-corrected chi connectivity index (χ0v) is 15.3. The Balaban J connectivity index is 1.45. The molecule has 2 atom stereocenters. The van der Waals surface area contributed by atoms with E-state index in [0.717, 1.165) is 5.56 Å². The zero-order chi connectivity index (χ0) is 19.5. The van der Waals surface area contributed by atoms with Crippen molar-refractivity contribution in [2.75, 3.05) is 31.3 Å². The van der Waals surface area contributed by atoms with Gasteiger partial charge in [-0.2, -0.15) is 0 Å². The van der Waals surface area contributed by atoms with Crippen LogP contribution in [0.3, 0.4) is 0 Å². The summed E-state index contributed by atoms with van der Waals surface area (Å²) in [5, 5.41) is 12.5. The number of hydrogen-bond acceptors (Lipinski definition) is 5. The van der Waals surface area contributed by atoms with Gasteiger partial charge in [-0.3, -0.25) is 9.59 Å². The molecule has 2 heterocycles. The summed E-state index contributed by atoms with van der Waals surface area (Å²) in [5.41, 5.74) is 1.51. The van der Waals surface area contributed by atoms with Crippen LogP contribution in [0.5, 0.6) is 11.5 Å². The number of carbonyl (C=O) groups is 2. The molecule has 2 N–H and O–H groups in total. The van der Waals surface area contributed by atoms with Crippen molar-refractivity contribution in [2.45, 2.75) is 12.5 Å². The number of nitrogens with one attached hydrogen (secondary N) is 1. The first-order valence-corrected chi connectivity index (χ1v) is 9.32. The molecule has 0 saturated carbocycles. The molecular formula is C21H22N2O5. The molecule has 2 amide bonds. The van der Waals surface area contributed by atoms with Gasteiger partial charge >= 0.3 is 0 Å². The van der Waals surface area contributed by atoms with Crippen molar-refractivity contribution >= 4 is 17.5 Å². The van der Waals surface area contributed by atoms with E-state index >= 15 is 0 Å². The smallest absolute Gasteiger partial charge is 0.227 e. The lowest BCUT2D eigenvalue weighted by molar-refractivity contribution is -0.127. The molecule has 0 unspecified atom stereocenters. The largest absolute Gasteiger partial charge is 0.486 e.